The monoisotopic (exact) mass is 245 g/mol. The van der Waals surface area contributed by atoms with Crippen LogP contribution in [0.15, 0.2) is 0 Å². The van der Waals surface area contributed by atoms with Crippen LogP contribution in [-0.4, -0.2) is 15.0 Å². The first-order valence-electron chi connectivity index (χ1n) is 2.85. The third-order valence-corrected chi connectivity index (χ3v) is 1.65. The van der Waals surface area contributed by atoms with Crippen LogP contribution in [0.3, 0.4) is 0 Å². The minimum Gasteiger partial charge on any atom is -0.214 e. The lowest BCUT2D eigenvalue weighted by Crippen LogP contribution is -2.09. The van der Waals surface area contributed by atoms with Gasteiger partial charge < -0.3 is 0 Å². The van der Waals surface area contributed by atoms with E-state index in [0.29, 0.717) is 5.82 Å². The Morgan fingerprint density at radius 1 is 1.08 bits per heavy atom. The molecular weight excluding hydrogens is 244 g/mol. The minimum atomic E-state index is -1.66. The average Bonchev–Trinajstić information content (AvgIpc) is 1.82. The van der Waals surface area contributed by atoms with Crippen molar-refractivity contribution < 1.29 is 0 Å². The molecule has 0 amide bonds. The zero-order valence-corrected chi connectivity index (χ0v) is 8.88. The first-order chi connectivity index (χ1) is 5.39. The van der Waals surface area contributed by atoms with Gasteiger partial charge in [0.25, 0.3) is 0 Å². The second-order valence-electron chi connectivity index (χ2n) is 1.97. The first kappa shape index (κ1) is 10.3. The van der Waals surface area contributed by atoms with Crippen molar-refractivity contribution in [1.82, 2.24) is 15.0 Å². The number of hydrogen-bond donors (Lipinski definition) is 0. The zero-order valence-electron chi connectivity index (χ0n) is 5.85. The fourth-order valence-electron chi connectivity index (χ4n) is 0.576. The highest BCUT2D eigenvalue weighted by Gasteiger charge is 2.27. The Balaban J connectivity index is 3.18. The van der Waals surface area contributed by atoms with Crippen molar-refractivity contribution in [3.05, 3.63) is 16.9 Å². The molecule has 66 valence electrons. The minimum absolute atomic E-state index is 0.0174. The van der Waals surface area contributed by atoms with E-state index in [2.05, 4.69) is 15.0 Å². The van der Waals surface area contributed by atoms with Crippen molar-refractivity contribution in [3.8, 4) is 0 Å². The molecule has 3 nitrogen and oxygen atoms in total. The summed E-state index contributed by atoms with van der Waals surface area (Å²) in [5.41, 5.74) is 0. The predicted octanol–water partition coefficient (Wildman–Crippen LogP) is 2.66. The summed E-state index contributed by atoms with van der Waals surface area (Å²) in [6, 6.07) is 0. The van der Waals surface area contributed by atoms with Crippen LogP contribution in [0.2, 0.25) is 5.28 Å². The van der Waals surface area contributed by atoms with Crippen molar-refractivity contribution in [2.45, 2.75) is 10.7 Å². The third-order valence-electron chi connectivity index (χ3n) is 0.973. The van der Waals surface area contributed by atoms with E-state index >= 15 is 0 Å². The van der Waals surface area contributed by atoms with Crippen LogP contribution in [0.25, 0.3) is 0 Å². The molecule has 0 atom stereocenters. The van der Waals surface area contributed by atoms with Gasteiger partial charge >= 0.3 is 0 Å². The van der Waals surface area contributed by atoms with E-state index in [9.17, 15) is 0 Å². The lowest BCUT2D eigenvalue weighted by Gasteiger charge is -2.08. The van der Waals surface area contributed by atoms with Crippen molar-refractivity contribution in [1.29, 1.82) is 0 Å². The SMILES string of the molecule is Cc1nc(Cl)nc(C(Cl)(Cl)Cl)n1. The van der Waals surface area contributed by atoms with E-state index in [-0.39, 0.29) is 11.1 Å². The summed E-state index contributed by atoms with van der Waals surface area (Å²) in [6.07, 6.45) is 0. The Morgan fingerprint density at radius 2 is 1.67 bits per heavy atom. The average molecular weight is 247 g/mol. The molecule has 0 saturated heterocycles. The fourth-order valence-corrected chi connectivity index (χ4v) is 1.03. The fraction of sp³-hybridized carbons (Fsp3) is 0.400. The second kappa shape index (κ2) is 3.50. The summed E-state index contributed by atoms with van der Waals surface area (Å²) in [6.45, 7) is 1.63. The Morgan fingerprint density at radius 3 is 2.08 bits per heavy atom. The first-order valence-corrected chi connectivity index (χ1v) is 4.36. The van der Waals surface area contributed by atoms with E-state index < -0.39 is 3.79 Å². The van der Waals surface area contributed by atoms with E-state index in [1.165, 1.54) is 0 Å². The van der Waals surface area contributed by atoms with E-state index in [0.717, 1.165) is 0 Å². The van der Waals surface area contributed by atoms with Crippen LogP contribution in [0.5, 0.6) is 0 Å². The molecule has 0 radical (unpaired) electrons. The Labute approximate surface area is 89.0 Å². The highest BCUT2D eigenvalue weighted by Crippen LogP contribution is 2.35. The standard InChI is InChI=1S/C5H3Cl4N3/c1-2-10-3(5(7,8)9)12-4(6)11-2/h1H3. The summed E-state index contributed by atoms with van der Waals surface area (Å²) in [7, 11) is 0. The van der Waals surface area contributed by atoms with Gasteiger partial charge in [-0.3, -0.25) is 0 Å². The largest absolute Gasteiger partial charge is 0.250 e. The maximum absolute atomic E-state index is 5.52. The Kier molecular flexibility index (Phi) is 2.99. The molecular formula is C5H3Cl4N3. The Hall–Kier alpha value is 0.170. The van der Waals surface area contributed by atoms with Gasteiger partial charge in [-0.05, 0) is 18.5 Å². The van der Waals surface area contributed by atoms with Gasteiger partial charge in [0.05, 0.1) is 0 Å². The van der Waals surface area contributed by atoms with Gasteiger partial charge in [0.2, 0.25) is 9.08 Å². The number of halogens is 4. The molecule has 0 saturated carbocycles. The Bertz CT molecular complexity index is 275. The quantitative estimate of drug-likeness (QED) is 0.661. The molecule has 0 aliphatic heterocycles. The maximum Gasteiger partial charge on any atom is 0.250 e. The van der Waals surface area contributed by atoms with Gasteiger partial charge in [-0.15, -0.1) is 0 Å². The number of aryl methyl sites for hydroxylation is 1. The molecule has 7 heteroatoms. The van der Waals surface area contributed by atoms with Crippen molar-refractivity contribution in [3.63, 3.8) is 0 Å². The summed E-state index contributed by atoms with van der Waals surface area (Å²) in [4.78, 5) is 11.2. The van der Waals surface area contributed by atoms with Gasteiger partial charge in [-0.25, -0.2) is 9.97 Å². The lowest BCUT2D eigenvalue weighted by molar-refractivity contribution is 0.877. The van der Waals surface area contributed by atoms with E-state index in [1.54, 1.807) is 6.92 Å². The van der Waals surface area contributed by atoms with E-state index in [1.807, 2.05) is 0 Å². The molecule has 1 rings (SSSR count). The van der Waals surface area contributed by atoms with Gasteiger partial charge in [-0.1, -0.05) is 34.8 Å². The van der Waals surface area contributed by atoms with Crippen molar-refractivity contribution >= 4 is 46.4 Å². The second-order valence-corrected chi connectivity index (χ2v) is 4.59. The molecule has 0 aliphatic carbocycles. The highest BCUT2D eigenvalue weighted by atomic mass is 35.6. The van der Waals surface area contributed by atoms with Crippen LogP contribution in [0, 0.1) is 6.92 Å². The molecule has 0 aromatic carbocycles. The molecule has 0 unspecified atom stereocenters. The number of rotatable bonds is 0. The predicted molar refractivity (Wildman–Crippen MR) is 48.8 cm³/mol. The molecule has 1 aromatic heterocycles. The highest BCUT2D eigenvalue weighted by molar-refractivity contribution is 6.66. The topological polar surface area (TPSA) is 38.7 Å². The molecule has 0 N–H and O–H groups in total. The summed E-state index contributed by atoms with van der Waals surface area (Å²) in [5.74, 6) is 0.446. The van der Waals surface area contributed by atoms with Gasteiger partial charge in [0, 0.05) is 0 Å². The van der Waals surface area contributed by atoms with Crippen molar-refractivity contribution in [2.75, 3.05) is 0 Å². The summed E-state index contributed by atoms with van der Waals surface area (Å²) in [5, 5.41) is 0.0174. The van der Waals surface area contributed by atoms with Gasteiger partial charge in [0.15, 0.2) is 5.82 Å². The zero-order chi connectivity index (χ0) is 9.35. The van der Waals surface area contributed by atoms with Crippen LogP contribution >= 0.6 is 46.4 Å². The van der Waals surface area contributed by atoms with Crippen LogP contribution < -0.4 is 0 Å². The molecule has 0 bridgehead atoms. The van der Waals surface area contributed by atoms with Crippen molar-refractivity contribution in [2.24, 2.45) is 0 Å². The summed E-state index contributed by atoms with van der Waals surface area (Å²) >= 11 is 22.1. The molecule has 0 aliphatic rings. The third kappa shape index (κ3) is 2.59. The van der Waals surface area contributed by atoms with E-state index in [4.69, 9.17) is 46.4 Å². The van der Waals surface area contributed by atoms with Crippen LogP contribution in [0.1, 0.15) is 11.6 Å². The smallest absolute Gasteiger partial charge is 0.214 e. The number of hydrogen-bond acceptors (Lipinski definition) is 3. The lowest BCUT2D eigenvalue weighted by atomic mass is 10.6. The molecule has 0 fully saturated rings. The normalized spacial score (nSPS) is 11.8. The summed E-state index contributed by atoms with van der Waals surface area (Å²) < 4.78 is -1.66. The molecule has 1 heterocycles. The van der Waals surface area contributed by atoms with Gasteiger partial charge in [0.1, 0.15) is 5.82 Å². The molecule has 12 heavy (non-hydrogen) atoms. The molecule has 0 spiro atoms. The number of aromatic nitrogens is 3. The maximum atomic E-state index is 5.52. The number of nitrogens with zero attached hydrogens (tertiary/aromatic N) is 3. The number of alkyl halides is 3. The van der Waals surface area contributed by atoms with Gasteiger partial charge in [-0.2, -0.15) is 4.98 Å². The van der Waals surface area contributed by atoms with Crippen LogP contribution in [0.4, 0.5) is 0 Å². The van der Waals surface area contributed by atoms with Crippen LogP contribution in [-0.2, 0) is 3.79 Å². The molecule has 1 aromatic rings.